The van der Waals surface area contributed by atoms with Crippen molar-refractivity contribution in [2.75, 3.05) is 17.6 Å². The molecule has 8 nitrogen and oxygen atoms in total. The number of rotatable bonds is 4. The summed E-state index contributed by atoms with van der Waals surface area (Å²) in [5.74, 6) is 0.131. The van der Waals surface area contributed by atoms with Crippen LogP contribution >= 0.6 is 11.6 Å². The van der Waals surface area contributed by atoms with E-state index in [-0.39, 0.29) is 29.4 Å². The van der Waals surface area contributed by atoms with Crippen molar-refractivity contribution in [3.63, 3.8) is 0 Å². The Morgan fingerprint density at radius 3 is 2.86 bits per heavy atom. The van der Waals surface area contributed by atoms with E-state index in [0.717, 1.165) is 30.5 Å². The highest BCUT2D eigenvalue weighted by molar-refractivity contribution is 6.33. The lowest BCUT2D eigenvalue weighted by atomic mass is 10.1. The molecule has 0 unspecified atom stereocenters. The smallest absolute Gasteiger partial charge is 0.242 e. The second-order valence-electron chi connectivity index (χ2n) is 6.74. The van der Waals surface area contributed by atoms with Gasteiger partial charge in [-0.3, -0.25) is 14.0 Å². The molecule has 0 radical (unpaired) electrons. The van der Waals surface area contributed by atoms with Gasteiger partial charge in [0.15, 0.2) is 11.6 Å². The molecule has 28 heavy (non-hydrogen) atoms. The van der Waals surface area contributed by atoms with Crippen LogP contribution in [0.25, 0.3) is 16.8 Å². The van der Waals surface area contributed by atoms with Crippen molar-refractivity contribution in [2.45, 2.75) is 25.8 Å². The zero-order chi connectivity index (χ0) is 19.8. The van der Waals surface area contributed by atoms with Gasteiger partial charge in [-0.15, -0.1) is 0 Å². The molecule has 3 aromatic heterocycles. The van der Waals surface area contributed by atoms with Gasteiger partial charge in [0.1, 0.15) is 17.2 Å². The Morgan fingerprint density at radius 2 is 2.18 bits per heavy atom. The molecule has 1 fully saturated rings. The molecule has 0 spiro atoms. The number of pyridine rings is 2. The van der Waals surface area contributed by atoms with Gasteiger partial charge in [0.05, 0.1) is 11.1 Å². The molecule has 1 aliphatic rings. The van der Waals surface area contributed by atoms with E-state index in [4.69, 9.17) is 17.3 Å². The van der Waals surface area contributed by atoms with Crippen LogP contribution in [0.4, 0.5) is 11.6 Å². The molecular formula is C19H19ClN6O2. The summed E-state index contributed by atoms with van der Waals surface area (Å²) in [6.07, 6.45) is 5.10. The maximum atomic E-state index is 12.5. The number of carbonyl (C=O) groups is 2. The number of aromatic nitrogens is 3. The highest BCUT2D eigenvalue weighted by Crippen LogP contribution is 2.27. The fourth-order valence-corrected chi connectivity index (χ4v) is 3.52. The predicted molar refractivity (Wildman–Crippen MR) is 108 cm³/mol. The van der Waals surface area contributed by atoms with Crippen molar-refractivity contribution < 1.29 is 9.59 Å². The van der Waals surface area contributed by atoms with Crippen LogP contribution < -0.4 is 16.4 Å². The number of anilines is 2. The van der Waals surface area contributed by atoms with Gasteiger partial charge in [-0.05, 0) is 37.6 Å². The number of hydrogen-bond acceptors (Lipinski definition) is 6. The monoisotopic (exact) mass is 398 g/mol. The molecule has 144 valence electrons. The van der Waals surface area contributed by atoms with Crippen LogP contribution in [0.15, 0.2) is 30.6 Å². The van der Waals surface area contributed by atoms with Gasteiger partial charge < -0.3 is 16.4 Å². The second kappa shape index (κ2) is 7.21. The third-order valence-corrected chi connectivity index (χ3v) is 5.08. The maximum Gasteiger partial charge on any atom is 0.242 e. The Balaban J connectivity index is 1.75. The fraction of sp³-hybridized carbons (Fsp3) is 0.263. The normalized spacial score (nSPS) is 16.4. The summed E-state index contributed by atoms with van der Waals surface area (Å²) < 4.78 is 1.67. The van der Waals surface area contributed by atoms with Crippen LogP contribution in [0.3, 0.4) is 0 Å². The van der Waals surface area contributed by atoms with Gasteiger partial charge in [0.2, 0.25) is 5.91 Å². The van der Waals surface area contributed by atoms with E-state index < -0.39 is 0 Å². The lowest BCUT2D eigenvalue weighted by Crippen LogP contribution is -2.35. The third-order valence-electron chi connectivity index (χ3n) is 4.77. The van der Waals surface area contributed by atoms with E-state index >= 15 is 0 Å². The molecule has 9 heteroatoms. The van der Waals surface area contributed by atoms with Gasteiger partial charge in [0, 0.05) is 30.4 Å². The zero-order valence-electron chi connectivity index (χ0n) is 15.2. The molecule has 1 saturated heterocycles. The first kappa shape index (κ1) is 18.4. The van der Waals surface area contributed by atoms with Crippen LogP contribution in [-0.4, -0.2) is 38.6 Å². The number of ketones is 1. The van der Waals surface area contributed by atoms with E-state index in [1.807, 2.05) is 6.07 Å². The lowest BCUT2D eigenvalue weighted by Gasteiger charge is -2.10. The first-order valence-corrected chi connectivity index (χ1v) is 9.30. The Kier molecular flexibility index (Phi) is 4.74. The maximum absolute atomic E-state index is 12.5. The standard InChI is InChI=1S/C19H19ClN6O2/c1-10(27)16-18(25-19(28)14-3-2-6-22-14)24-15-5-4-11(9-26(15)16)12-7-13(20)17(21)23-8-12/h4-5,7-9,14,22H,2-3,6H2,1H3,(H2,21,23)(H,25,28)/t14-/m0/s1. The number of fused-ring (bicyclic) bond motifs is 1. The number of nitrogens with zero attached hydrogens (tertiary/aromatic N) is 3. The molecule has 0 bridgehead atoms. The summed E-state index contributed by atoms with van der Waals surface area (Å²) in [5.41, 5.74) is 8.09. The number of nitrogens with two attached hydrogens (primary N) is 1. The van der Waals surface area contributed by atoms with Gasteiger partial charge >= 0.3 is 0 Å². The van der Waals surface area contributed by atoms with Crippen LogP contribution in [0.5, 0.6) is 0 Å². The van der Waals surface area contributed by atoms with Gasteiger partial charge in [-0.25, -0.2) is 9.97 Å². The van der Waals surface area contributed by atoms with Gasteiger partial charge in [-0.1, -0.05) is 11.6 Å². The number of nitrogen functional groups attached to an aromatic ring is 1. The van der Waals surface area contributed by atoms with Gasteiger partial charge in [0.25, 0.3) is 0 Å². The number of carbonyl (C=O) groups excluding carboxylic acids is 2. The molecule has 4 rings (SSSR count). The SMILES string of the molecule is CC(=O)c1c(NC(=O)[C@@H]2CCCN2)nc2ccc(-c3cnc(N)c(Cl)c3)cn12. The minimum Gasteiger partial charge on any atom is -0.382 e. The molecule has 4 heterocycles. The highest BCUT2D eigenvalue weighted by Gasteiger charge is 2.25. The summed E-state index contributed by atoms with van der Waals surface area (Å²) in [4.78, 5) is 33.3. The minimum atomic E-state index is -0.261. The summed E-state index contributed by atoms with van der Waals surface area (Å²) in [6.45, 7) is 2.26. The highest BCUT2D eigenvalue weighted by atomic mass is 35.5. The first-order valence-electron chi connectivity index (χ1n) is 8.92. The van der Waals surface area contributed by atoms with E-state index in [2.05, 4.69) is 20.6 Å². The number of Topliss-reactive ketones (excluding diaryl/α,β-unsaturated/α-hetero) is 1. The van der Waals surface area contributed by atoms with Crippen LogP contribution in [0.2, 0.25) is 5.02 Å². The number of imidazole rings is 1. The van der Waals surface area contributed by atoms with Crippen LogP contribution in [-0.2, 0) is 4.79 Å². The van der Waals surface area contributed by atoms with Crippen molar-refractivity contribution in [3.8, 4) is 11.1 Å². The number of hydrogen-bond donors (Lipinski definition) is 3. The molecule has 4 N–H and O–H groups in total. The van der Waals surface area contributed by atoms with Crippen molar-refractivity contribution in [1.29, 1.82) is 0 Å². The molecule has 0 aliphatic carbocycles. The van der Waals surface area contributed by atoms with Crippen LogP contribution in [0, 0.1) is 0 Å². The molecule has 3 aromatic rings. The van der Waals surface area contributed by atoms with E-state index in [1.165, 1.54) is 6.92 Å². The predicted octanol–water partition coefficient (Wildman–Crippen LogP) is 2.53. The van der Waals surface area contributed by atoms with Crippen molar-refractivity contribution in [1.82, 2.24) is 19.7 Å². The fourth-order valence-electron chi connectivity index (χ4n) is 3.36. The summed E-state index contributed by atoms with van der Waals surface area (Å²) >= 11 is 6.07. The van der Waals surface area contributed by atoms with E-state index in [1.54, 1.807) is 28.9 Å². The quantitative estimate of drug-likeness (QED) is 0.582. The molecule has 1 atom stereocenters. The molecule has 0 saturated carbocycles. The number of amides is 1. The largest absolute Gasteiger partial charge is 0.382 e. The average molecular weight is 399 g/mol. The van der Waals surface area contributed by atoms with Crippen LogP contribution in [0.1, 0.15) is 30.3 Å². The Labute approximate surface area is 166 Å². The Bertz CT molecular complexity index is 1090. The second-order valence-corrected chi connectivity index (χ2v) is 7.15. The van der Waals surface area contributed by atoms with E-state index in [0.29, 0.717) is 16.4 Å². The topological polar surface area (TPSA) is 114 Å². The van der Waals surface area contributed by atoms with E-state index in [9.17, 15) is 9.59 Å². The lowest BCUT2D eigenvalue weighted by molar-refractivity contribution is -0.117. The van der Waals surface area contributed by atoms with Crippen molar-refractivity contribution >= 4 is 40.6 Å². The molecule has 1 amide bonds. The van der Waals surface area contributed by atoms with Crippen molar-refractivity contribution in [2.24, 2.45) is 0 Å². The third kappa shape index (κ3) is 3.32. The summed E-state index contributed by atoms with van der Waals surface area (Å²) in [5, 5.41) is 6.29. The molecular weight excluding hydrogens is 380 g/mol. The Hall–Kier alpha value is -2.97. The zero-order valence-corrected chi connectivity index (χ0v) is 16.0. The average Bonchev–Trinajstić information content (AvgIpc) is 3.30. The number of nitrogens with one attached hydrogen (secondary N) is 2. The van der Waals surface area contributed by atoms with Crippen molar-refractivity contribution in [3.05, 3.63) is 41.3 Å². The molecule has 0 aromatic carbocycles. The molecule has 1 aliphatic heterocycles. The Morgan fingerprint density at radius 1 is 1.36 bits per heavy atom. The van der Waals surface area contributed by atoms with Gasteiger partial charge in [-0.2, -0.15) is 0 Å². The summed E-state index contributed by atoms with van der Waals surface area (Å²) in [6, 6.07) is 5.07. The minimum absolute atomic E-state index is 0.182. The first-order chi connectivity index (χ1) is 13.4. The summed E-state index contributed by atoms with van der Waals surface area (Å²) in [7, 11) is 0. The number of halogens is 1.